The topological polar surface area (TPSA) is 136 Å². The zero-order valence-electron chi connectivity index (χ0n) is 16.1. The third-order valence-corrected chi connectivity index (χ3v) is 4.14. The highest BCUT2D eigenvalue weighted by atomic mass is 18.2. The van der Waals surface area contributed by atoms with Crippen LogP contribution in [0.1, 0.15) is 16.8 Å². The van der Waals surface area contributed by atoms with Gasteiger partial charge in [-0.2, -0.15) is 4.98 Å². The van der Waals surface area contributed by atoms with Gasteiger partial charge in [-0.1, -0.05) is 5.21 Å². The molecule has 0 spiro atoms. The number of anilines is 2. The monoisotopic (exact) mass is 402 g/mol. The van der Waals surface area contributed by atoms with Crippen molar-refractivity contribution in [3.05, 3.63) is 41.3 Å². The Morgan fingerprint density at radius 2 is 1.86 bits per heavy atom. The molecule has 0 saturated carbocycles. The lowest BCUT2D eigenvalue weighted by Gasteiger charge is -2.16. The van der Waals surface area contributed by atoms with E-state index in [-0.39, 0.29) is 12.6 Å². The van der Waals surface area contributed by atoms with Gasteiger partial charge >= 0.3 is 0 Å². The van der Waals surface area contributed by atoms with Crippen molar-refractivity contribution in [2.24, 2.45) is 0 Å². The van der Waals surface area contributed by atoms with E-state index in [0.29, 0.717) is 41.6 Å². The summed E-state index contributed by atoms with van der Waals surface area (Å²) < 4.78 is 30.4. The van der Waals surface area contributed by atoms with Crippen LogP contribution >= 0.6 is 0 Å². The van der Waals surface area contributed by atoms with Crippen molar-refractivity contribution in [1.29, 1.82) is 0 Å². The maximum absolute atomic E-state index is 12.5. The Hall–Kier alpha value is -3.63. The number of hydrogen-bond donors (Lipinski definition) is 2. The minimum atomic E-state index is -0.722. The van der Waals surface area contributed by atoms with Gasteiger partial charge in [0.1, 0.15) is 5.82 Å². The molecule has 0 aliphatic carbocycles. The normalized spacial score (nSPS) is 10.7. The Kier molecular flexibility index (Phi) is 6.27. The Morgan fingerprint density at radius 1 is 1.14 bits per heavy atom. The molecule has 11 heteroatoms. The second kappa shape index (κ2) is 9.04. The lowest BCUT2D eigenvalue weighted by Crippen LogP contribution is -2.06. The minimum Gasteiger partial charge on any atom is -0.493 e. The Balaban J connectivity index is 1.76. The number of halogens is 1. The highest BCUT2D eigenvalue weighted by Crippen LogP contribution is 2.39. The average molecular weight is 402 g/mol. The zero-order chi connectivity index (χ0) is 20.8. The molecule has 2 aromatic heterocycles. The quantitative estimate of drug-likeness (QED) is 0.544. The standard InChI is InChI=1S/C18H22FN7O3/c1-27-14-6-11(5-12-8-22-18(21)23-17(12)20)7-15(28-2)16(14)29-4-3-13-9-26(10-19)25-24-13/h6-9H,3-5,10H2,1-2H3,(H4,20,21,22,23)/i19-1. The van der Waals surface area contributed by atoms with Crippen LogP contribution in [0, 0.1) is 0 Å². The summed E-state index contributed by atoms with van der Waals surface area (Å²) in [7, 11) is 3.08. The third-order valence-electron chi connectivity index (χ3n) is 4.14. The number of alkyl halides is 1. The van der Waals surface area contributed by atoms with Gasteiger partial charge in [-0.25, -0.2) is 14.1 Å². The fourth-order valence-corrected chi connectivity index (χ4v) is 2.74. The summed E-state index contributed by atoms with van der Waals surface area (Å²) in [4.78, 5) is 7.95. The number of nitrogen functional groups attached to an aromatic ring is 2. The predicted molar refractivity (Wildman–Crippen MR) is 104 cm³/mol. The molecule has 0 radical (unpaired) electrons. The van der Waals surface area contributed by atoms with E-state index in [1.165, 1.54) is 6.20 Å². The van der Waals surface area contributed by atoms with Gasteiger partial charge in [-0.05, 0) is 17.7 Å². The largest absolute Gasteiger partial charge is 0.493 e. The Morgan fingerprint density at radius 3 is 2.45 bits per heavy atom. The van der Waals surface area contributed by atoms with E-state index in [1.54, 1.807) is 20.4 Å². The minimum absolute atomic E-state index is 0.122. The van der Waals surface area contributed by atoms with Crippen LogP contribution in [0.2, 0.25) is 0 Å². The van der Waals surface area contributed by atoms with Crippen molar-refractivity contribution in [1.82, 2.24) is 25.0 Å². The number of ether oxygens (including phenoxy) is 3. The maximum Gasteiger partial charge on any atom is 0.221 e. The van der Waals surface area contributed by atoms with Crippen LogP contribution in [0.25, 0.3) is 0 Å². The predicted octanol–water partition coefficient (Wildman–Crippen LogP) is 1.39. The van der Waals surface area contributed by atoms with E-state index in [1.807, 2.05) is 12.1 Å². The lowest BCUT2D eigenvalue weighted by atomic mass is 10.1. The van der Waals surface area contributed by atoms with Crippen LogP contribution in [-0.4, -0.2) is 45.8 Å². The molecule has 3 rings (SSSR count). The molecule has 3 aromatic rings. The van der Waals surface area contributed by atoms with Gasteiger partial charge in [-0.3, -0.25) is 0 Å². The molecular weight excluding hydrogens is 380 g/mol. The van der Waals surface area contributed by atoms with E-state index < -0.39 is 6.80 Å². The average Bonchev–Trinajstić information content (AvgIpc) is 3.18. The summed E-state index contributed by atoms with van der Waals surface area (Å²) in [5.74, 6) is 1.90. The van der Waals surface area contributed by atoms with Gasteiger partial charge in [0.05, 0.1) is 32.7 Å². The first-order valence-corrected chi connectivity index (χ1v) is 8.73. The molecule has 4 N–H and O–H groups in total. The molecule has 0 amide bonds. The van der Waals surface area contributed by atoms with Gasteiger partial charge in [0.2, 0.25) is 11.7 Å². The van der Waals surface area contributed by atoms with E-state index in [9.17, 15) is 4.39 Å². The van der Waals surface area contributed by atoms with Crippen LogP contribution in [0.5, 0.6) is 17.2 Å². The van der Waals surface area contributed by atoms with E-state index in [4.69, 9.17) is 25.7 Å². The molecule has 0 fully saturated rings. The summed E-state index contributed by atoms with van der Waals surface area (Å²) >= 11 is 0. The number of hydrogen-bond acceptors (Lipinski definition) is 9. The lowest BCUT2D eigenvalue weighted by molar-refractivity contribution is 0.276. The van der Waals surface area contributed by atoms with Crippen LogP contribution in [0.4, 0.5) is 16.2 Å². The molecule has 0 aliphatic heterocycles. The molecular formula is C18H22FN7O3. The van der Waals surface area contributed by atoms with Crippen molar-refractivity contribution < 1.29 is 18.6 Å². The van der Waals surface area contributed by atoms with Crippen molar-refractivity contribution >= 4 is 11.8 Å². The summed E-state index contributed by atoms with van der Waals surface area (Å²) in [5, 5.41) is 7.53. The van der Waals surface area contributed by atoms with Gasteiger partial charge in [0.15, 0.2) is 18.3 Å². The smallest absolute Gasteiger partial charge is 0.221 e. The number of nitrogens with zero attached hydrogens (tertiary/aromatic N) is 5. The first-order chi connectivity index (χ1) is 14.0. The summed E-state index contributed by atoms with van der Waals surface area (Å²) in [5.41, 5.74) is 13.7. The fraction of sp³-hybridized carbons (Fsp3) is 0.333. The highest BCUT2D eigenvalue weighted by Gasteiger charge is 2.16. The van der Waals surface area contributed by atoms with Gasteiger partial charge in [0, 0.05) is 24.6 Å². The van der Waals surface area contributed by atoms with Gasteiger partial charge in [-0.15, -0.1) is 5.10 Å². The molecule has 10 nitrogen and oxygen atoms in total. The molecule has 154 valence electrons. The van der Waals surface area contributed by atoms with Crippen LogP contribution < -0.4 is 25.7 Å². The number of benzene rings is 1. The first kappa shape index (κ1) is 20.1. The molecule has 0 aliphatic rings. The van der Waals surface area contributed by atoms with E-state index in [0.717, 1.165) is 15.8 Å². The number of nitrogens with two attached hydrogens (primary N) is 2. The third kappa shape index (κ3) is 4.81. The fourth-order valence-electron chi connectivity index (χ4n) is 2.74. The molecule has 29 heavy (non-hydrogen) atoms. The van der Waals surface area contributed by atoms with E-state index >= 15 is 0 Å². The van der Waals surface area contributed by atoms with Crippen molar-refractivity contribution in [2.75, 3.05) is 32.3 Å². The Bertz CT molecular complexity index is 955. The molecule has 1 aromatic carbocycles. The second-order valence-electron chi connectivity index (χ2n) is 6.11. The van der Waals surface area contributed by atoms with Crippen molar-refractivity contribution in [3.8, 4) is 17.2 Å². The molecule has 0 unspecified atom stereocenters. The second-order valence-corrected chi connectivity index (χ2v) is 6.11. The summed E-state index contributed by atoms with van der Waals surface area (Å²) in [6.07, 6.45) is 4.03. The molecule has 2 heterocycles. The molecule has 0 saturated heterocycles. The number of methoxy groups -OCH3 is 2. The van der Waals surface area contributed by atoms with Crippen molar-refractivity contribution in [3.63, 3.8) is 0 Å². The van der Waals surface area contributed by atoms with Crippen LogP contribution in [-0.2, 0) is 19.6 Å². The zero-order valence-corrected chi connectivity index (χ0v) is 16.1. The maximum atomic E-state index is 12.5. The molecule has 0 bridgehead atoms. The Labute approximate surface area is 166 Å². The first-order valence-electron chi connectivity index (χ1n) is 8.73. The molecule has 0 atom stereocenters. The van der Waals surface area contributed by atoms with E-state index in [2.05, 4.69) is 20.3 Å². The summed E-state index contributed by atoms with van der Waals surface area (Å²) in [6.45, 7) is -0.434. The van der Waals surface area contributed by atoms with Crippen LogP contribution in [0.3, 0.4) is 0 Å². The van der Waals surface area contributed by atoms with Crippen LogP contribution in [0.15, 0.2) is 24.5 Å². The SMILES string of the molecule is COc1cc(Cc2cnc(N)nc2N)cc(OC)c1OCCc1cn(C[18F])nn1. The highest BCUT2D eigenvalue weighted by molar-refractivity contribution is 5.55. The summed E-state index contributed by atoms with van der Waals surface area (Å²) in [6, 6.07) is 3.65. The van der Waals surface area contributed by atoms with Gasteiger partial charge < -0.3 is 25.7 Å². The van der Waals surface area contributed by atoms with Gasteiger partial charge in [0.25, 0.3) is 0 Å². The number of aromatic nitrogens is 5. The number of rotatable bonds is 9. The van der Waals surface area contributed by atoms with Crippen molar-refractivity contribution in [2.45, 2.75) is 19.6 Å².